The van der Waals surface area contributed by atoms with Gasteiger partial charge in [-0.05, 0) is 12.3 Å². The van der Waals surface area contributed by atoms with E-state index in [-0.39, 0.29) is 11.5 Å². The van der Waals surface area contributed by atoms with E-state index in [0.717, 1.165) is 26.0 Å². The van der Waals surface area contributed by atoms with Crippen LogP contribution in [-0.4, -0.2) is 51.5 Å². The summed E-state index contributed by atoms with van der Waals surface area (Å²) in [6.45, 7) is 7.36. The minimum atomic E-state index is -0.252. The Balaban J connectivity index is 2.11. The maximum absolute atomic E-state index is 11.5. The van der Waals surface area contributed by atoms with Gasteiger partial charge >= 0.3 is 0 Å². The molecule has 0 saturated carbocycles. The molecule has 1 atom stereocenters. The van der Waals surface area contributed by atoms with Gasteiger partial charge in [0.25, 0.3) is 0 Å². The Bertz CT molecular complexity index is 251. The summed E-state index contributed by atoms with van der Waals surface area (Å²) in [5, 5.41) is 6.04. The first-order valence-electron chi connectivity index (χ1n) is 6.68. The van der Waals surface area contributed by atoms with Gasteiger partial charge in [0.05, 0.1) is 13.2 Å². The zero-order valence-corrected chi connectivity index (χ0v) is 11.8. The maximum atomic E-state index is 11.5. The Labute approximate surface area is 110 Å². The number of nitrogens with one attached hydrogen (secondary N) is 2. The summed E-state index contributed by atoms with van der Waals surface area (Å²) in [5.41, 5.74) is -0.252. The monoisotopic (exact) mass is 258 g/mol. The topological polar surface area (TPSA) is 59.6 Å². The lowest BCUT2D eigenvalue weighted by molar-refractivity contribution is -0.120. The van der Waals surface area contributed by atoms with Crippen molar-refractivity contribution in [2.75, 3.05) is 40.0 Å². The van der Waals surface area contributed by atoms with Crippen molar-refractivity contribution in [2.45, 2.75) is 32.3 Å². The lowest BCUT2D eigenvalue weighted by atomic mass is 10.0. The van der Waals surface area contributed by atoms with Crippen LogP contribution in [0.3, 0.4) is 0 Å². The van der Waals surface area contributed by atoms with Crippen molar-refractivity contribution in [1.29, 1.82) is 0 Å². The molecule has 1 saturated heterocycles. The van der Waals surface area contributed by atoms with Crippen LogP contribution in [0, 0.1) is 5.92 Å². The molecule has 1 amide bonds. The Hall–Kier alpha value is -0.650. The van der Waals surface area contributed by atoms with Crippen molar-refractivity contribution in [3.8, 4) is 0 Å². The van der Waals surface area contributed by atoms with E-state index in [9.17, 15) is 4.79 Å². The molecule has 2 N–H and O–H groups in total. The lowest BCUT2D eigenvalue weighted by Crippen LogP contribution is -2.46. The van der Waals surface area contributed by atoms with Crippen molar-refractivity contribution >= 4 is 5.91 Å². The van der Waals surface area contributed by atoms with Gasteiger partial charge in [0.15, 0.2) is 0 Å². The first-order chi connectivity index (χ1) is 8.58. The average molecular weight is 258 g/mol. The van der Waals surface area contributed by atoms with E-state index in [4.69, 9.17) is 9.47 Å². The van der Waals surface area contributed by atoms with Gasteiger partial charge in [0.1, 0.15) is 5.60 Å². The Morgan fingerprint density at radius 3 is 2.83 bits per heavy atom. The number of hydrogen-bond acceptors (Lipinski definition) is 4. The Morgan fingerprint density at radius 1 is 1.50 bits per heavy atom. The second-order valence-electron chi connectivity index (χ2n) is 5.33. The van der Waals surface area contributed by atoms with E-state index in [1.54, 1.807) is 7.11 Å². The normalized spacial score (nSPS) is 23.6. The van der Waals surface area contributed by atoms with Gasteiger partial charge < -0.3 is 20.1 Å². The SMILES string of the molecule is COC1(CNCC(=O)NCCC(C)C)CCOC1. The molecule has 1 fully saturated rings. The predicted octanol–water partition coefficient (Wildman–Crippen LogP) is 0.544. The molecule has 18 heavy (non-hydrogen) atoms. The second-order valence-corrected chi connectivity index (χ2v) is 5.33. The van der Waals surface area contributed by atoms with Gasteiger partial charge in [-0.1, -0.05) is 13.8 Å². The van der Waals surface area contributed by atoms with Crippen molar-refractivity contribution in [1.82, 2.24) is 10.6 Å². The van der Waals surface area contributed by atoms with Crippen LogP contribution in [0.5, 0.6) is 0 Å². The first kappa shape index (κ1) is 15.4. The van der Waals surface area contributed by atoms with Crippen LogP contribution in [0.15, 0.2) is 0 Å². The zero-order chi connectivity index (χ0) is 13.4. The highest BCUT2D eigenvalue weighted by molar-refractivity contribution is 5.77. The predicted molar refractivity (Wildman–Crippen MR) is 70.5 cm³/mol. The average Bonchev–Trinajstić information content (AvgIpc) is 2.78. The number of carbonyl (C=O) groups excluding carboxylic acids is 1. The van der Waals surface area contributed by atoms with Crippen LogP contribution in [-0.2, 0) is 14.3 Å². The fourth-order valence-electron chi connectivity index (χ4n) is 1.93. The number of amides is 1. The molecule has 0 aromatic heterocycles. The largest absolute Gasteiger partial charge is 0.378 e. The molecule has 106 valence electrons. The number of methoxy groups -OCH3 is 1. The fourth-order valence-corrected chi connectivity index (χ4v) is 1.93. The molecule has 1 unspecified atom stereocenters. The van der Waals surface area contributed by atoms with Crippen LogP contribution in [0.4, 0.5) is 0 Å². The second kappa shape index (κ2) is 7.71. The van der Waals surface area contributed by atoms with Gasteiger partial charge in [0.2, 0.25) is 5.91 Å². The Morgan fingerprint density at radius 2 is 2.28 bits per heavy atom. The molecule has 5 nitrogen and oxygen atoms in total. The van der Waals surface area contributed by atoms with Crippen molar-refractivity contribution in [3.63, 3.8) is 0 Å². The molecule has 0 radical (unpaired) electrons. The molecular weight excluding hydrogens is 232 g/mol. The molecule has 1 rings (SSSR count). The third-order valence-electron chi connectivity index (χ3n) is 3.28. The maximum Gasteiger partial charge on any atom is 0.233 e. The van der Waals surface area contributed by atoms with Crippen molar-refractivity contribution < 1.29 is 14.3 Å². The van der Waals surface area contributed by atoms with Crippen LogP contribution in [0.1, 0.15) is 26.7 Å². The highest BCUT2D eigenvalue weighted by Gasteiger charge is 2.34. The van der Waals surface area contributed by atoms with Crippen molar-refractivity contribution in [3.05, 3.63) is 0 Å². The van der Waals surface area contributed by atoms with E-state index in [2.05, 4.69) is 24.5 Å². The van der Waals surface area contributed by atoms with Crippen LogP contribution >= 0.6 is 0 Å². The van der Waals surface area contributed by atoms with E-state index < -0.39 is 0 Å². The number of ether oxygens (including phenoxy) is 2. The molecule has 0 bridgehead atoms. The summed E-state index contributed by atoms with van der Waals surface area (Å²) in [6, 6.07) is 0. The first-order valence-corrected chi connectivity index (χ1v) is 6.68. The van der Waals surface area contributed by atoms with Gasteiger partial charge in [-0.3, -0.25) is 4.79 Å². The summed E-state index contributed by atoms with van der Waals surface area (Å²) in [4.78, 5) is 11.5. The smallest absolute Gasteiger partial charge is 0.233 e. The van der Waals surface area contributed by atoms with E-state index >= 15 is 0 Å². The van der Waals surface area contributed by atoms with Crippen LogP contribution < -0.4 is 10.6 Å². The molecule has 0 aromatic carbocycles. The molecule has 5 heteroatoms. The van der Waals surface area contributed by atoms with Crippen molar-refractivity contribution in [2.24, 2.45) is 5.92 Å². The van der Waals surface area contributed by atoms with Gasteiger partial charge in [0, 0.05) is 33.2 Å². The highest BCUT2D eigenvalue weighted by Crippen LogP contribution is 2.21. The summed E-state index contributed by atoms with van der Waals surface area (Å²) in [6.07, 6.45) is 1.90. The standard InChI is InChI=1S/C13H26N2O3/c1-11(2)4-6-15-12(16)8-14-9-13(17-3)5-7-18-10-13/h11,14H,4-10H2,1-3H3,(H,15,16). The third-order valence-corrected chi connectivity index (χ3v) is 3.28. The molecule has 0 aliphatic carbocycles. The summed E-state index contributed by atoms with van der Waals surface area (Å²) < 4.78 is 10.8. The van der Waals surface area contributed by atoms with E-state index in [1.165, 1.54) is 0 Å². The molecule has 0 aromatic rings. The minimum Gasteiger partial charge on any atom is -0.378 e. The quantitative estimate of drug-likeness (QED) is 0.667. The summed E-state index contributed by atoms with van der Waals surface area (Å²) >= 11 is 0. The highest BCUT2D eigenvalue weighted by atomic mass is 16.5. The van der Waals surface area contributed by atoms with Gasteiger partial charge in [-0.15, -0.1) is 0 Å². The van der Waals surface area contributed by atoms with E-state index in [0.29, 0.717) is 25.6 Å². The molecule has 0 spiro atoms. The molecular formula is C13H26N2O3. The van der Waals surface area contributed by atoms with Crippen LogP contribution in [0.2, 0.25) is 0 Å². The van der Waals surface area contributed by atoms with E-state index in [1.807, 2.05) is 0 Å². The number of hydrogen-bond donors (Lipinski definition) is 2. The van der Waals surface area contributed by atoms with Gasteiger partial charge in [-0.2, -0.15) is 0 Å². The molecule has 1 heterocycles. The van der Waals surface area contributed by atoms with Gasteiger partial charge in [-0.25, -0.2) is 0 Å². The number of rotatable bonds is 8. The number of carbonyl (C=O) groups is 1. The lowest BCUT2D eigenvalue weighted by Gasteiger charge is -2.25. The molecule has 1 aliphatic rings. The zero-order valence-electron chi connectivity index (χ0n) is 11.8. The Kier molecular flexibility index (Phi) is 6.60. The minimum absolute atomic E-state index is 0.0424. The summed E-state index contributed by atoms with van der Waals surface area (Å²) in [5.74, 6) is 0.659. The molecule has 1 aliphatic heterocycles. The third kappa shape index (κ3) is 5.33. The summed E-state index contributed by atoms with van der Waals surface area (Å²) in [7, 11) is 1.69. The fraction of sp³-hybridized carbons (Fsp3) is 0.923. The van der Waals surface area contributed by atoms with Crippen LogP contribution in [0.25, 0.3) is 0 Å².